The van der Waals surface area contributed by atoms with Crippen molar-refractivity contribution in [3.63, 3.8) is 0 Å². The zero-order valence-electron chi connectivity index (χ0n) is 14.6. The Morgan fingerprint density at radius 1 is 1.17 bits per heavy atom. The summed E-state index contributed by atoms with van der Waals surface area (Å²) in [5, 5.41) is 3.28. The number of aryl methyl sites for hydroxylation is 2. The smallest absolute Gasteiger partial charge is 0.0381 e. The van der Waals surface area contributed by atoms with Crippen molar-refractivity contribution in [1.82, 2.24) is 4.90 Å². The average molecular weight is 306 g/mol. The standard InChI is InChI=1S/C21H26N2/c1-14(2)22-18-8-6-17(7-9-18)21-13-23(5)12-20-16(4)10-15(3)11-19(20)21/h6-11,21-22H,1,12-13H2,2-5H3. The Kier molecular flexibility index (Phi) is 4.27. The number of anilines is 1. The van der Waals surface area contributed by atoms with Gasteiger partial charge in [0.05, 0.1) is 0 Å². The summed E-state index contributed by atoms with van der Waals surface area (Å²) in [4.78, 5) is 2.43. The van der Waals surface area contributed by atoms with Crippen LogP contribution in [0.5, 0.6) is 0 Å². The molecule has 120 valence electrons. The van der Waals surface area contributed by atoms with Gasteiger partial charge < -0.3 is 10.2 Å². The van der Waals surface area contributed by atoms with Crippen LogP contribution < -0.4 is 5.32 Å². The molecular weight excluding hydrogens is 280 g/mol. The van der Waals surface area contributed by atoms with Crippen LogP contribution in [0, 0.1) is 13.8 Å². The predicted molar refractivity (Wildman–Crippen MR) is 99.0 cm³/mol. The topological polar surface area (TPSA) is 15.3 Å². The fourth-order valence-corrected chi connectivity index (χ4v) is 3.63. The van der Waals surface area contributed by atoms with Gasteiger partial charge in [-0.2, -0.15) is 0 Å². The number of likely N-dealkylation sites (N-methyl/N-ethyl adjacent to an activating group) is 1. The molecule has 0 aromatic heterocycles. The van der Waals surface area contributed by atoms with Gasteiger partial charge in [-0.3, -0.25) is 0 Å². The van der Waals surface area contributed by atoms with Crippen LogP contribution >= 0.6 is 0 Å². The van der Waals surface area contributed by atoms with E-state index >= 15 is 0 Å². The van der Waals surface area contributed by atoms with Crippen molar-refractivity contribution < 1.29 is 0 Å². The normalized spacial score (nSPS) is 17.7. The number of allylic oxidation sites excluding steroid dienone is 1. The van der Waals surface area contributed by atoms with Crippen LogP contribution in [0.1, 0.15) is 40.7 Å². The van der Waals surface area contributed by atoms with Crippen molar-refractivity contribution in [1.29, 1.82) is 0 Å². The molecule has 2 aromatic rings. The van der Waals surface area contributed by atoms with Crippen LogP contribution in [0.25, 0.3) is 0 Å². The number of fused-ring (bicyclic) bond motifs is 1. The van der Waals surface area contributed by atoms with Gasteiger partial charge in [0.2, 0.25) is 0 Å². The molecule has 2 aromatic carbocycles. The summed E-state index contributed by atoms with van der Waals surface area (Å²) in [7, 11) is 2.21. The molecule has 0 bridgehead atoms. The third kappa shape index (κ3) is 3.32. The molecule has 3 rings (SSSR count). The molecule has 0 fully saturated rings. The van der Waals surface area contributed by atoms with Gasteiger partial charge in [-0.25, -0.2) is 0 Å². The summed E-state index contributed by atoms with van der Waals surface area (Å²) >= 11 is 0. The first-order chi connectivity index (χ1) is 10.9. The lowest BCUT2D eigenvalue weighted by atomic mass is 9.82. The van der Waals surface area contributed by atoms with Gasteiger partial charge >= 0.3 is 0 Å². The predicted octanol–water partition coefficient (Wildman–Crippen LogP) is 4.83. The monoisotopic (exact) mass is 306 g/mol. The highest BCUT2D eigenvalue weighted by Crippen LogP contribution is 2.35. The van der Waals surface area contributed by atoms with Gasteiger partial charge in [0.25, 0.3) is 0 Å². The third-order valence-corrected chi connectivity index (χ3v) is 4.62. The Morgan fingerprint density at radius 2 is 1.87 bits per heavy atom. The Bertz CT molecular complexity index is 728. The molecule has 23 heavy (non-hydrogen) atoms. The molecule has 0 saturated carbocycles. The maximum absolute atomic E-state index is 3.90. The minimum atomic E-state index is 0.446. The fourth-order valence-electron chi connectivity index (χ4n) is 3.63. The lowest BCUT2D eigenvalue weighted by Gasteiger charge is -2.34. The lowest BCUT2D eigenvalue weighted by molar-refractivity contribution is 0.294. The molecule has 1 heterocycles. The van der Waals surface area contributed by atoms with E-state index in [4.69, 9.17) is 0 Å². The van der Waals surface area contributed by atoms with Gasteiger partial charge in [0.15, 0.2) is 0 Å². The van der Waals surface area contributed by atoms with Crippen LogP contribution in [0.15, 0.2) is 48.7 Å². The average Bonchev–Trinajstić information content (AvgIpc) is 2.48. The molecule has 2 nitrogen and oxygen atoms in total. The molecule has 1 aliphatic heterocycles. The second-order valence-corrected chi connectivity index (χ2v) is 6.93. The molecule has 0 amide bonds. The maximum atomic E-state index is 3.90. The second kappa shape index (κ2) is 6.21. The fraction of sp³-hybridized carbons (Fsp3) is 0.333. The van der Waals surface area contributed by atoms with Gasteiger partial charge in [-0.15, -0.1) is 0 Å². The quantitative estimate of drug-likeness (QED) is 0.874. The summed E-state index contributed by atoms with van der Waals surface area (Å²) in [6.45, 7) is 12.4. The first kappa shape index (κ1) is 15.8. The van der Waals surface area contributed by atoms with Crippen LogP contribution in [0.2, 0.25) is 0 Å². The van der Waals surface area contributed by atoms with E-state index in [2.05, 4.69) is 74.1 Å². The number of rotatable bonds is 3. The molecule has 1 aliphatic rings. The maximum Gasteiger partial charge on any atom is 0.0381 e. The molecule has 1 unspecified atom stereocenters. The highest BCUT2D eigenvalue weighted by atomic mass is 15.1. The van der Waals surface area contributed by atoms with Crippen LogP contribution in [-0.4, -0.2) is 18.5 Å². The third-order valence-electron chi connectivity index (χ3n) is 4.62. The number of hydrogen-bond acceptors (Lipinski definition) is 2. The van der Waals surface area contributed by atoms with Crippen molar-refractivity contribution in [3.8, 4) is 0 Å². The van der Waals surface area contributed by atoms with Crippen molar-refractivity contribution in [2.75, 3.05) is 18.9 Å². The van der Waals surface area contributed by atoms with Crippen molar-refractivity contribution >= 4 is 5.69 Å². The molecule has 0 spiro atoms. The van der Waals surface area contributed by atoms with Gasteiger partial charge in [-0.1, -0.05) is 36.4 Å². The van der Waals surface area contributed by atoms with Crippen molar-refractivity contribution in [3.05, 3.63) is 76.5 Å². The number of nitrogens with zero attached hydrogens (tertiary/aromatic N) is 1. The zero-order valence-corrected chi connectivity index (χ0v) is 14.6. The minimum Gasteiger partial charge on any atom is -0.360 e. The summed E-state index contributed by atoms with van der Waals surface area (Å²) < 4.78 is 0. The minimum absolute atomic E-state index is 0.446. The zero-order chi connectivity index (χ0) is 16.6. The largest absolute Gasteiger partial charge is 0.360 e. The van der Waals surface area contributed by atoms with Crippen LogP contribution in [0.4, 0.5) is 5.69 Å². The molecule has 0 radical (unpaired) electrons. The summed E-state index contributed by atoms with van der Waals surface area (Å²) in [5.74, 6) is 0.446. The summed E-state index contributed by atoms with van der Waals surface area (Å²) in [5.41, 5.74) is 9.22. The molecule has 1 atom stereocenters. The van der Waals surface area contributed by atoms with E-state index in [9.17, 15) is 0 Å². The molecule has 1 N–H and O–H groups in total. The lowest BCUT2D eigenvalue weighted by Crippen LogP contribution is -2.31. The van der Waals surface area contributed by atoms with Gasteiger partial charge in [0, 0.05) is 30.4 Å². The van der Waals surface area contributed by atoms with Crippen LogP contribution in [-0.2, 0) is 6.54 Å². The van der Waals surface area contributed by atoms with Gasteiger partial charge in [0.1, 0.15) is 0 Å². The van der Waals surface area contributed by atoms with Crippen molar-refractivity contribution in [2.45, 2.75) is 33.2 Å². The van der Waals surface area contributed by atoms with E-state index in [1.54, 1.807) is 0 Å². The molecule has 2 heteroatoms. The Balaban J connectivity index is 1.99. The highest BCUT2D eigenvalue weighted by Gasteiger charge is 2.26. The first-order valence-corrected chi connectivity index (χ1v) is 8.25. The number of hydrogen-bond donors (Lipinski definition) is 1. The Hall–Kier alpha value is -2.06. The van der Waals surface area contributed by atoms with E-state index in [1.165, 1.54) is 27.8 Å². The Morgan fingerprint density at radius 3 is 2.52 bits per heavy atom. The van der Waals surface area contributed by atoms with E-state index in [0.717, 1.165) is 24.5 Å². The molecule has 0 saturated heterocycles. The number of benzene rings is 2. The van der Waals surface area contributed by atoms with E-state index in [0.29, 0.717) is 5.92 Å². The van der Waals surface area contributed by atoms with E-state index in [-0.39, 0.29) is 0 Å². The molecule has 0 aliphatic carbocycles. The summed E-state index contributed by atoms with van der Waals surface area (Å²) in [6.07, 6.45) is 0. The first-order valence-electron chi connectivity index (χ1n) is 8.25. The second-order valence-electron chi connectivity index (χ2n) is 6.93. The highest BCUT2D eigenvalue weighted by molar-refractivity contribution is 5.52. The van der Waals surface area contributed by atoms with E-state index < -0.39 is 0 Å². The molecular formula is C21H26N2. The van der Waals surface area contributed by atoms with Gasteiger partial charge in [-0.05, 0) is 62.2 Å². The van der Waals surface area contributed by atoms with E-state index in [1.807, 2.05) is 6.92 Å². The van der Waals surface area contributed by atoms with Crippen molar-refractivity contribution in [2.24, 2.45) is 0 Å². The summed E-state index contributed by atoms with van der Waals surface area (Å²) in [6, 6.07) is 13.5. The SMILES string of the molecule is C=C(C)Nc1ccc(C2CN(C)Cc3c(C)cc(C)cc32)cc1. The Labute approximate surface area is 139 Å². The van der Waals surface area contributed by atoms with Crippen LogP contribution in [0.3, 0.4) is 0 Å². The number of nitrogens with one attached hydrogen (secondary N) is 1.